The third kappa shape index (κ3) is 4.69. The summed E-state index contributed by atoms with van der Waals surface area (Å²) in [5.41, 5.74) is -3.50. The van der Waals surface area contributed by atoms with Crippen molar-refractivity contribution in [1.29, 1.82) is 0 Å². The van der Waals surface area contributed by atoms with Crippen LogP contribution >= 0.6 is 0 Å². The number of hydrogen-bond acceptors (Lipinski definition) is 5. The Morgan fingerprint density at radius 1 is 1.14 bits per heavy atom. The fourth-order valence-corrected chi connectivity index (χ4v) is 2.60. The summed E-state index contributed by atoms with van der Waals surface area (Å²) in [4.78, 5) is 12.9. The molecule has 0 aromatic heterocycles. The smallest absolute Gasteiger partial charge is 0.444 e. The molecule has 1 amide bonds. The number of benzene rings is 1. The van der Waals surface area contributed by atoms with E-state index in [1.165, 1.54) is 20.8 Å². The number of anilines is 1. The lowest BCUT2D eigenvalue weighted by molar-refractivity contribution is 0.00578. The van der Waals surface area contributed by atoms with Crippen molar-refractivity contribution in [3.8, 4) is 0 Å². The lowest BCUT2D eigenvalue weighted by Crippen LogP contribution is -2.50. The van der Waals surface area contributed by atoms with Crippen molar-refractivity contribution in [3.05, 3.63) is 24.0 Å². The summed E-state index contributed by atoms with van der Waals surface area (Å²) < 4.78 is 99.8. The Hall–Kier alpha value is -1.80. The van der Waals surface area contributed by atoms with Crippen molar-refractivity contribution in [1.82, 2.24) is 4.90 Å². The molecule has 2 fully saturated rings. The van der Waals surface area contributed by atoms with E-state index in [4.69, 9.17) is 25.0 Å². The third-order valence-corrected chi connectivity index (χ3v) is 4.87. The predicted molar refractivity (Wildman–Crippen MR) is 112 cm³/mol. The zero-order valence-electron chi connectivity index (χ0n) is 25.7. The van der Waals surface area contributed by atoms with Crippen LogP contribution in [0.5, 0.6) is 0 Å². The van der Waals surface area contributed by atoms with Crippen LogP contribution in [0.25, 0.3) is 0 Å². The molecule has 2 saturated heterocycles. The Labute approximate surface area is 184 Å². The van der Waals surface area contributed by atoms with Gasteiger partial charge in [-0.15, -0.1) is 0 Å². The summed E-state index contributed by atoms with van der Waals surface area (Å²) in [6.07, 6.45) is -1.58. The predicted octanol–water partition coefficient (Wildman–Crippen LogP) is 3.18. The molecule has 0 bridgehead atoms. The van der Waals surface area contributed by atoms with E-state index in [9.17, 15) is 9.18 Å². The first-order chi connectivity index (χ1) is 16.3. The minimum Gasteiger partial charge on any atom is -0.444 e. The maximum atomic E-state index is 14.9. The molecule has 0 atom stereocenters. The normalized spacial score (nSPS) is 32.5. The molecule has 6 nitrogen and oxygen atoms in total. The number of ether oxygens (including phenoxy) is 1. The second kappa shape index (κ2) is 7.47. The maximum absolute atomic E-state index is 14.9. The van der Waals surface area contributed by atoms with Gasteiger partial charge >= 0.3 is 13.2 Å². The van der Waals surface area contributed by atoms with Crippen LogP contribution in [0.15, 0.2) is 18.2 Å². The van der Waals surface area contributed by atoms with E-state index in [1.54, 1.807) is 27.7 Å². The van der Waals surface area contributed by atoms with Gasteiger partial charge in [0.2, 0.25) is 0 Å². The van der Waals surface area contributed by atoms with Gasteiger partial charge in [0.05, 0.1) is 22.2 Å². The van der Waals surface area contributed by atoms with Crippen molar-refractivity contribution in [3.63, 3.8) is 0 Å². The molecule has 0 spiro atoms. The Kier molecular flexibility index (Phi) is 3.48. The highest BCUT2D eigenvalue weighted by Crippen LogP contribution is 2.37. The van der Waals surface area contributed by atoms with E-state index < -0.39 is 67.5 Å². The standard InChI is InChI=1S/C21H32BFN2O4/c1-19(2,3)27-18(26)25-12-10-24(11-13-25)15-8-9-17(23)16(14-15)22-28-20(4,5)21(6,7)29-22/h8-9,14H,10-13H2,1-7H3/i10D2,11D2,12D2,13D2. The Bertz CT molecular complexity index is 1050. The number of rotatable bonds is 2. The van der Waals surface area contributed by atoms with E-state index >= 15 is 0 Å². The Morgan fingerprint density at radius 3 is 2.21 bits per heavy atom. The summed E-state index contributed by atoms with van der Waals surface area (Å²) in [5, 5.41) is 0. The quantitative estimate of drug-likeness (QED) is 0.696. The van der Waals surface area contributed by atoms with E-state index in [2.05, 4.69) is 0 Å². The monoisotopic (exact) mass is 414 g/mol. The maximum Gasteiger partial charge on any atom is 0.497 e. The first-order valence-electron chi connectivity index (χ1n) is 13.3. The molecule has 2 aliphatic rings. The number of nitrogens with zero attached hydrogens (tertiary/aromatic N) is 2. The minimum absolute atomic E-state index is 0.194. The topological polar surface area (TPSA) is 51.2 Å². The average molecular weight is 414 g/mol. The summed E-state index contributed by atoms with van der Waals surface area (Å²) in [5.74, 6) is -0.804. The molecular formula is C21H32BFN2O4. The third-order valence-electron chi connectivity index (χ3n) is 4.87. The van der Waals surface area contributed by atoms with E-state index in [1.807, 2.05) is 0 Å². The molecule has 8 heteroatoms. The Balaban J connectivity index is 2.16. The molecule has 160 valence electrons. The number of hydrogen-bond donors (Lipinski definition) is 0. The van der Waals surface area contributed by atoms with Gasteiger partial charge in [0.15, 0.2) is 0 Å². The Morgan fingerprint density at radius 2 is 1.69 bits per heavy atom. The van der Waals surface area contributed by atoms with Gasteiger partial charge in [0, 0.05) is 37.1 Å². The van der Waals surface area contributed by atoms with Gasteiger partial charge in [-0.2, -0.15) is 0 Å². The summed E-state index contributed by atoms with van der Waals surface area (Å²) in [7, 11) is -1.25. The lowest BCUT2D eigenvalue weighted by atomic mass is 9.78. The zero-order chi connectivity index (χ0) is 28.8. The molecule has 29 heavy (non-hydrogen) atoms. The molecular weight excluding hydrogens is 374 g/mol. The van der Waals surface area contributed by atoms with Crippen LogP contribution in [0.2, 0.25) is 0 Å². The lowest BCUT2D eigenvalue weighted by Gasteiger charge is -2.37. The van der Waals surface area contributed by atoms with Crippen molar-refractivity contribution in [2.24, 2.45) is 0 Å². The average Bonchev–Trinajstić information content (AvgIpc) is 2.87. The molecule has 0 aliphatic carbocycles. The molecule has 0 unspecified atom stereocenters. The number of carbonyl (C=O) groups excluding carboxylic acids is 1. The van der Waals surface area contributed by atoms with Gasteiger partial charge in [-0.3, -0.25) is 0 Å². The molecule has 0 saturated carbocycles. The van der Waals surface area contributed by atoms with Gasteiger partial charge in [-0.25, -0.2) is 9.18 Å². The number of halogens is 1. The SMILES string of the molecule is [2H]C1([2H])N(C(=O)OC(C)(C)C)C([2H])([2H])C([2H])([2H])N(c2ccc(F)c(B3OC(C)(C)C(C)(C)O3)c2)C1([2H])[2H]. The van der Waals surface area contributed by atoms with Crippen LogP contribution in [0.3, 0.4) is 0 Å². The minimum atomic E-state index is -3.44. The number of amides is 1. The summed E-state index contributed by atoms with van der Waals surface area (Å²) >= 11 is 0. The molecule has 1 aromatic carbocycles. The fraction of sp³-hybridized carbons (Fsp3) is 0.667. The van der Waals surface area contributed by atoms with Gasteiger partial charge in [-0.1, -0.05) is 0 Å². The molecule has 2 aliphatic heterocycles. The highest BCUT2D eigenvalue weighted by atomic mass is 19.1. The van der Waals surface area contributed by atoms with Crippen LogP contribution < -0.4 is 10.4 Å². The van der Waals surface area contributed by atoms with Crippen LogP contribution in [0.4, 0.5) is 14.9 Å². The molecule has 0 N–H and O–H groups in total. The molecule has 3 rings (SSSR count). The second-order valence-corrected chi connectivity index (χ2v) is 8.89. The summed E-state index contributed by atoms with van der Waals surface area (Å²) in [6.45, 7) is -2.28. The van der Waals surface area contributed by atoms with Gasteiger partial charge in [0.25, 0.3) is 0 Å². The highest BCUT2D eigenvalue weighted by Gasteiger charge is 2.52. The highest BCUT2D eigenvalue weighted by molar-refractivity contribution is 6.62. The van der Waals surface area contributed by atoms with E-state index in [0.717, 1.165) is 18.2 Å². The van der Waals surface area contributed by atoms with Crippen molar-refractivity contribution >= 4 is 24.4 Å². The first kappa shape index (κ1) is 13.5. The van der Waals surface area contributed by atoms with Crippen LogP contribution in [0.1, 0.15) is 59.4 Å². The molecule has 0 radical (unpaired) electrons. The summed E-state index contributed by atoms with van der Waals surface area (Å²) in [6, 6.07) is 2.94. The van der Waals surface area contributed by atoms with Gasteiger partial charge in [-0.05, 0) is 66.7 Å². The number of piperazine rings is 1. The first-order valence-corrected chi connectivity index (χ1v) is 9.30. The number of carbonyl (C=O) groups is 1. The van der Waals surface area contributed by atoms with Crippen LogP contribution in [0, 0.1) is 5.82 Å². The van der Waals surface area contributed by atoms with Crippen LogP contribution in [-0.4, -0.2) is 60.9 Å². The molecule has 1 aromatic rings. The molecule has 2 heterocycles. The van der Waals surface area contributed by atoms with E-state index in [0.29, 0.717) is 0 Å². The van der Waals surface area contributed by atoms with Crippen LogP contribution in [-0.2, 0) is 14.0 Å². The van der Waals surface area contributed by atoms with Crippen molar-refractivity contribution in [2.45, 2.75) is 65.3 Å². The van der Waals surface area contributed by atoms with Crippen molar-refractivity contribution in [2.75, 3.05) is 30.9 Å². The second-order valence-electron chi connectivity index (χ2n) is 8.89. The fourth-order valence-electron chi connectivity index (χ4n) is 2.60. The largest absolute Gasteiger partial charge is 0.497 e. The van der Waals surface area contributed by atoms with Crippen molar-refractivity contribution < 1.29 is 34.2 Å². The van der Waals surface area contributed by atoms with E-state index in [-0.39, 0.29) is 15.3 Å². The van der Waals surface area contributed by atoms with Gasteiger partial charge in [0.1, 0.15) is 11.4 Å². The zero-order valence-corrected chi connectivity index (χ0v) is 17.7. The van der Waals surface area contributed by atoms with Gasteiger partial charge < -0.3 is 23.8 Å².